The summed E-state index contributed by atoms with van der Waals surface area (Å²) in [6.45, 7) is 4.11. The van der Waals surface area contributed by atoms with Crippen LogP contribution in [0.1, 0.15) is 42.1 Å². The summed E-state index contributed by atoms with van der Waals surface area (Å²) >= 11 is 0. The predicted octanol–water partition coefficient (Wildman–Crippen LogP) is 2.31. The van der Waals surface area contributed by atoms with E-state index in [4.69, 9.17) is 0 Å². The van der Waals surface area contributed by atoms with Crippen molar-refractivity contribution in [1.29, 1.82) is 0 Å². The third-order valence-electron chi connectivity index (χ3n) is 4.65. The molecule has 0 amide bonds. The molecule has 0 aromatic carbocycles. The van der Waals surface area contributed by atoms with E-state index >= 15 is 0 Å². The van der Waals surface area contributed by atoms with Gasteiger partial charge in [-0.25, -0.2) is 0 Å². The summed E-state index contributed by atoms with van der Waals surface area (Å²) in [5.74, 6) is 1.04. The van der Waals surface area contributed by atoms with Crippen LogP contribution in [0.5, 0.6) is 0 Å². The number of hydrogen-bond donors (Lipinski definition) is 0. The summed E-state index contributed by atoms with van der Waals surface area (Å²) in [6, 6.07) is 2.72. The number of fused-ring (bicyclic) bond motifs is 1. The van der Waals surface area contributed by atoms with Gasteiger partial charge < -0.3 is 4.90 Å². The van der Waals surface area contributed by atoms with E-state index in [1.807, 2.05) is 6.20 Å². The van der Waals surface area contributed by atoms with Crippen LogP contribution in [0.25, 0.3) is 0 Å². The van der Waals surface area contributed by atoms with E-state index in [0.717, 1.165) is 38.2 Å². The van der Waals surface area contributed by atoms with Crippen LogP contribution in [-0.2, 0) is 12.8 Å². The van der Waals surface area contributed by atoms with Crippen molar-refractivity contribution in [2.75, 3.05) is 18.0 Å². The smallest absolute Gasteiger partial charge is 0.151 e. The van der Waals surface area contributed by atoms with Gasteiger partial charge in [0.05, 0.1) is 17.9 Å². The molecule has 5 heteroatoms. The van der Waals surface area contributed by atoms with Gasteiger partial charge >= 0.3 is 0 Å². The second kappa shape index (κ2) is 5.13. The monoisotopic (exact) mass is 283 g/mol. The average Bonchev–Trinajstić information content (AvgIpc) is 3.15. The number of aromatic nitrogens is 4. The highest BCUT2D eigenvalue weighted by atomic mass is 15.3. The Morgan fingerprint density at radius 2 is 2.10 bits per heavy atom. The molecule has 1 aliphatic heterocycles. The molecule has 4 rings (SSSR count). The Morgan fingerprint density at radius 1 is 1.19 bits per heavy atom. The Bertz CT molecular complexity index is 648. The lowest BCUT2D eigenvalue weighted by atomic mass is 9.97. The highest BCUT2D eigenvalue weighted by molar-refractivity contribution is 5.43. The molecule has 0 saturated carbocycles. The van der Waals surface area contributed by atoms with Crippen molar-refractivity contribution in [2.45, 2.75) is 45.1 Å². The summed E-state index contributed by atoms with van der Waals surface area (Å²) in [4.78, 5) is 2.35. The third-order valence-corrected chi connectivity index (χ3v) is 4.65. The van der Waals surface area contributed by atoms with E-state index in [9.17, 15) is 0 Å². The van der Waals surface area contributed by atoms with Gasteiger partial charge in [0.15, 0.2) is 5.82 Å². The molecule has 0 N–H and O–H groups in total. The molecule has 1 saturated heterocycles. The van der Waals surface area contributed by atoms with Crippen LogP contribution in [0.15, 0.2) is 18.5 Å². The van der Waals surface area contributed by atoms with Crippen LogP contribution in [0, 0.1) is 6.92 Å². The molecular formula is C16H21N5. The van der Waals surface area contributed by atoms with Gasteiger partial charge in [-0.15, -0.1) is 5.10 Å². The molecule has 1 aliphatic carbocycles. The van der Waals surface area contributed by atoms with Crippen molar-refractivity contribution < 1.29 is 0 Å². The Kier molecular flexibility index (Phi) is 3.13. The maximum atomic E-state index is 4.45. The minimum absolute atomic E-state index is 0.455. The number of anilines is 1. The second-order valence-corrected chi connectivity index (χ2v) is 6.27. The molecular weight excluding hydrogens is 262 g/mol. The molecule has 5 nitrogen and oxygen atoms in total. The molecule has 1 unspecified atom stereocenters. The summed E-state index contributed by atoms with van der Waals surface area (Å²) in [6.07, 6.45) is 9.98. The molecule has 110 valence electrons. The van der Waals surface area contributed by atoms with Gasteiger partial charge in [-0.05, 0) is 56.2 Å². The van der Waals surface area contributed by atoms with Crippen LogP contribution in [0.2, 0.25) is 0 Å². The summed E-state index contributed by atoms with van der Waals surface area (Å²) in [5.41, 5.74) is 3.84. The van der Waals surface area contributed by atoms with Crippen molar-refractivity contribution in [3.05, 3.63) is 35.3 Å². The first-order valence-corrected chi connectivity index (χ1v) is 7.91. The van der Waals surface area contributed by atoms with Crippen LogP contribution in [0.3, 0.4) is 0 Å². The molecule has 21 heavy (non-hydrogen) atoms. The molecule has 1 atom stereocenters. The molecule has 0 bridgehead atoms. The van der Waals surface area contributed by atoms with E-state index in [0.29, 0.717) is 6.04 Å². The number of aryl methyl sites for hydroxylation is 3. The highest BCUT2D eigenvalue weighted by Gasteiger charge is 2.26. The number of rotatable bonds is 2. The first-order valence-electron chi connectivity index (χ1n) is 7.91. The average molecular weight is 283 g/mol. The topological polar surface area (TPSA) is 46.8 Å². The van der Waals surface area contributed by atoms with E-state index < -0.39 is 0 Å². The summed E-state index contributed by atoms with van der Waals surface area (Å²) in [7, 11) is 0. The molecule has 0 radical (unpaired) electrons. The van der Waals surface area contributed by atoms with Crippen molar-refractivity contribution in [1.82, 2.24) is 20.0 Å². The predicted molar refractivity (Wildman–Crippen MR) is 81.5 cm³/mol. The quantitative estimate of drug-likeness (QED) is 0.848. The van der Waals surface area contributed by atoms with Gasteiger partial charge in [0, 0.05) is 19.3 Å². The SMILES string of the molecule is Cc1cnn(C2CCN(c3cc4c(nn3)CCCC4)C2)c1. The zero-order chi connectivity index (χ0) is 14.2. The van der Waals surface area contributed by atoms with Crippen molar-refractivity contribution in [2.24, 2.45) is 0 Å². The Hall–Kier alpha value is -1.91. The Morgan fingerprint density at radius 3 is 2.95 bits per heavy atom. The zero-order valence-corrected chi connectivity index (χ0v) is 12.5. The highest BCUT2D eigenvalue weighted by Crippen LogP contribution is 2.28. The lowest BCUT2D eigenvalue weighted by Crippen LogP contribution is -2.23. The van der Waals surface area contributed by atoms with Gasteiger partial charge in [-0.1, -0.05) is 0 Å². The van der Waals surface area contributed by atoms with Crippen LogP contribution < -0.4 is 4.90 Å². The van der Waals surface area contributed by atoms with Gasteiger partial charge in [0.25, 0.3) is 0 Å². The molecule has 2 aromatic rings. The lowest BCUT2D eigenvalue weighted by Gasteiger charge is -2.20. The fraction of sp³-hybridized carbons (Fsp3) is 0.562. The number of hydrogen-bond acceptors (Lipinski definition) is 4. The Labute approximate surface area is 125 Å². The van der Waals surface area contributed by atoms with E-state index in [1.165, 1.54) is 29.7 Å². The molecule has 1 fully saturated rings. The second-order valence-electron chi connectivity index (χ2n) is 6.27. The van der Waals surface area contributed by atoms with E-state index in [2.05, 4.69) is 44.1 Å². The van der Waals surface area contributed by atoms with Gasteiger partial charge in [-0.2, -0.15) is 10.2 Å². The van der Waals surface area contributed by atoms with Gasteiger partial charge in [0.2, 0.25) is 0 Å². The maximum Gasteiger partial charge on any atom is 0.151 e. The van der Waals surface area contributed by atoms with Crippen molar-refractivity contribution >= 4 is 5.82 Å². The minimum Gasteiger partial charge on any atom is -0.353 e. The molecule has 2 aliphatic rings. The van der Waals surface area contributed by atoms with Gasteiger partial charge in [0.1, 0.15) is 0 Å². The largest absolute Gasteiger partial charge is 0.353 e. The van der Waals surface area contributed by atoms with Crippen molar-refractivity contribution in [3.63, 3.8) is 0 Å². The number of nitrogens with zero attached hydrogens (tertiary/aromatic N) is 5. The standard InChI is InChI=1S/C16H21N5/c1-12-9-17-21(10-12)14-6-7-20(11-14)16-8-13-4-2-3-5-15(13)18-19-16/h8-10,14H,2-7,11H2,1H3. The molecule has 3 heterocycles. The minimum atomic E-state index is 0.455. The fourth-order valence-corrected chi connectivity index (χ4v) is 3.43. The van der Waals surface area contributed by atoms with Crippen LogP contribution in [0.4, 0.5) is 5.82 Å². The zero-order valence-electron chi connectivity index (χ0n) is 12.5. The third kappa shape index (κ3) is 2.41. The fourth-order valence-electron chi connectivity index (χ4n) is 3.43. The van der Waals surface area contributed by atoms with Crippen LogP contribution in [-0.4, -0.2) is 33.1 Å². The van der Waals surface area contributed by atoms with Crippen molar-refractivity contribution in [3.8, 4) is 0 Å². The van der Waals surface area contributed by atoms with Crippen LogP contribution >= 0.6 is 0 Å². The molecule has 0 spiro atoms. The first-order chi connectivity index (χ1) is 10.3. The van der Waals surface area contributed by atoms with E-state index in [1.54, 1.807) is 0 Å². The normalized spacial score (nSPS) is 21.6. The van der Waals surface area contributed by atoms with E-state index in [-0.39, 0.29) is 0 Å². The van der Waals surface area contributed by atoms with Gasteiger partial charge in [-0.3, -0.25) is 4.68 Å². The lowest BCUT2D eigenvalue weighted by molar-refractivity contribution is 0.494. The summed E-state index contributed by atoms with van der Waals surface area (Å²) in [5, 5.41) is 13.4. The first kappa shape index (κ1) is 12.8. The maximum absolute atomic E-state index is 4.45. The Balaban J connectivity index is 1.52. The summed E-state index contributed by atoms with van der Waals surface area (Å²) < 4.78 is 2.10. The molecule has 2 aromatic heterocycles.